The SMILES string of the molecule is CCNC(=NCc1cc(C)ccc1OC(F)F)NCCc1sc(C)nc1C. The van der Waals surface area contributed by atoms with E-state index in [0.717, 1.165) is 22.7 Å². The molecule has 1 heterocycles. The third-order valence-electron chi connectivity index (χ3n) is 3.83. The molecule has 2 aromatic rings. The average Bonchev–Trinajstić information content (AvgIpc) is 2.92. The summed E-state index contributed by atoms with van der Waals surface area (Å²) in [6, 6.07) is 5.11. The summed E-state index contributed by atoms with van der Waals surface area (Å²) < 4.78 is 29.8. The molecule has 0 radical (unpaired) electrons. The van der Waals surface area contributed by atoms with Crippen LogP contribution in [0.2, 0.25) is 0 Å². The van der Waals surface area contributed by atoms with Crippen molar-refractivity contribution in [3.05, 3.63) is 44.9 Å². The van der Waals surface area contributed by atoms with Gasteiger partial charge in [0.1, 0.15) is 5.75 Å². The number of guanidine groups is 1. The third kappa shape index (κ3) is 6.78. The van der Waals surface area contributed by atoms with Crippen LogP contribution in [0, 0.1) is 20.8 Å². The van der Waals surface area contributed by atoms with Crippen molar-refractivity contribution in [2.75, 3.05) is 13.1 Å². The molecule has 148 valence electrons. The fraction of sp³-hybridized carbons (Fsp3) is 0.474. The molecule has 0 aliphatic rings. The topological polar surface area (TPSA) is 58.5 Å². The van der Waals surface area contributed by atoms with Gasteiger partial charge in [0.2, 0.25) is 0 Å². The molecule has 0 saturated heterocycles. The Morgan fingerprint density at radius 3 is 2.67 bits per heavy atom. The highest BCUT2D eigenvalue weighted by molar-refractivity contribution is 7.11. The highest BCUT2D eigenvalue weighted by Gasteiger charge is 2.10. The van der Waals surface area contributed by atoms with E-state index in [0.29, 0.717) is 24.6 Å². The molecule has 8 heteroatoms. The lowest BCUT2D eigenvalue weighted by Gasteiger charge is -2.13. The van der Waals surface area contributed by atoms with Crippen molar-refractivity contribution in [1.29, 1.82) is 0 Å². The van der Waals surface area contributed by atoms with Crippen molar-refractivity contribution in [2.24, 2.45) is 4.99 Å². The Balaban J connectivity index is 2.02. The molecule has 0 unspecified atom stereocenters. The third-order valence-corrected chi connectivity index (χ3v) is 4.96. The maximum absolute atomic E-state index is 12.6. The molecule has 0 saturated carbocycles. The molecule has 0 bridgehead atoms. The number of alkyl halides is 2. The molecule has 0 aliphatic heterocycles. The monoisotopic (exact) mass is 396 g/mol. The van der Waals surface area contributed by atoms with Gasteiger partial charge in [-0.3, -0.25) is 0 Å². The number of thiazole rings is 1. The Morgan fingerprint density at radius 1 is 1.26 bits per heavy atom. The molecule has 0 fully saturated rings. The van der Waals surface area contributed by atoms with E-state index in [-0.39, 0.29) is 12.3 Å². The van der Waals surface area contributed by atoms with Crippen LogP contribution in [0.3, 0.4) is 0 Å². The number of nitrogens with zero attached hydrogens (tertiary/aromatic N) is 2. The van der Waals surface area contributed by atoms with Gasteiger partial charge in [-0.1, -0.05) is 17.7 Å². The molecule has 0 amide bonds. The Morgan fingerprint density at radius 2 is 2.04 bits per heavy atom. The summed E-state index contributed by atoms with van der Waals surface area (Å²) in [6.07, 6.45) is 0.853. The van der Waals surface area contributed by atoms with E-state index in [2.05, 4.69) is 25.3 Å². The minimum atomic E-state index is -2.85. The van der Waals surface area contributed by atoms with Gasteiger partial charge < -0.3 is 15.4 Å². The number of ether oxygens (including phenoxy) is 1. The largest absolute Gasteiger partial charge is 0.434 e. The van der Waals surface area contributed by atoms with Crippen LogP contribution in [0.1, 0.15) is 33.6 Å². The second kappa shape index (κ2) is 10.2. The van der Waals surface area contributed by atoms with Crippen molar-refractivity contribution >= 4 is 17.3 Å². The first-order valence-corrected chi connectivity index (χ1v) is 9.70. The number of aryl methyl sites for hydroxylation is 3. The van der Waals surface area contributed by atoms with E-state index < -0.39 is 6.61 Å². The molecule has 2 N–H and O–H groups in total. The van der Waals surface area contributed by atoms with Gasteiger partial charge >= 0.3 is 6.61 Å². The van der Waals surface area contributed by atoms with Gasteiger partial charge in [0.05, 0.1) is 17.2 Å². The summed E-state index contributed by atoms with van der Waals surface area (Å²) in [6.45, 7) is 6.71. The molecule has 1 aromatic heterocycles. The number of aromatic nitrogens is 1. The summed E-state index contributed by atoms with van der Waals surface area (Å²) in [7, 11) is 0. The molecule has 0 spiro atoms. The maximum atomic E-state index is 12.6. The van der Waals surface area contributed by atoms with Crippen LogP contribution in [-0.4, -0.2) is 30.6 Å². The van der Waals surface area contributed by atoms with E-state index in [1.807, 2.05) is 33.8 Å². The van der Waals surface area contributed by atoms with E-state index in [1.54, 1.807) is 23.5 Å². The lowest BCUT2D eigenvalue weighted by atomic mass is 10.1. The maximum Gasteiger partial charge on any atom is 0.387 e. The average molecular weight is 397 g/mol. The highest BCUT2D eigenvalue weighted by Crippen LogP contribution is 2.23. The molecular formula is C19H26F2N4OS. The Bertz CT molecular complexity index is 777. The second-order valence-electron chi connectivity index (χ2n) is 6.10. The summed E-state index contributed by atoms with van der Waals surface area (Å²) in [5, 5.41) is 7.52. The van der Waals surface area contributed by atoms with Gasteiger partial charge in [-0.25, -0.2) is 9.98 Å². The van der Waals surface area contributed by atoms with Gasteiger partial charge in [0, 0.05) is 30.0 Å². The molecular weight excluding hydrogens is 370 g/mol. The van der Waals surface area contributed by atoms with Gasteiger partial charge in [-0.15, -0.1) is 11.3 Å². The zero-order valence-electron chi connectivity index (χ0n) is 16.1. The first kappa shape index (κ1) is 21.1. The molecule has 0 atom stereocenters. The first-order chi connectivity index (χ1) is 12.9. The molecule has 5 nitrogen and oxygen atoms in total. The number of nitrogens with one attached hydrogen (secondary N) is 2. The van der Waals surface area contributed by atoms with Crippen LogP contribution in [-0.2, 0) is 13.0 Å². The number of hydrogen-bond donors (Lipinski definition) is 2. The van der Waals surface area contributed by atoms with Crippen molar-refractivity contribution < 1.29 is 13.5 Å². The highest BCUT2D eigenvalue weighted by atomic mass is 32.1. The summed E-state index contributed by atoms with van der Waals surface area (Å²) in [4.78, 5) is 10.2. The predicted molar refractivity (Wildman–Crippen MR) is 106 cm³/mol. The van der Waals surface area contributed by atoms with Gasteiger partial charge in [0.15, 0.2) is 5.96 Å². The van der Waals surface area contributed by atoms with Crippen LogP contribution in [0.4, 0.5) is 8.78 Å². The molecule has 0 aliphatic carbocycles. The van der Waals surface area contributed by atoms with Crippen LogP contribution in [0.15, 0.2) is 23.2 Å². The van der Waals surface area contributed by atoms with E-state index in [1.165, 1.54) is 4.88 Å². The van der Waals surface area contributed by atoms with Crippen molar-refractivity contribution in [1.82, 2.24) is 15.6 Å². The van der Waals surface area contributed by atoms with Gasteiger partial charge in [-0.05, 0) is 33.8 Å². The number of hydrogen-bond acceptors (Lipinski definition) is 4. The minimum absolute atomic E-state index is 0.158. The van der Waals surface area contributed by atoms with Gasteiger partial charge in [-0.2, -0.15) is 8.78 Å². The predicted octanol–water partition coefficient (Wildman–Crippen LogP) is 3.97. The Labute approximate surface area is 162 Å². The Kier molecular flexibility index (Phi) is 7.97. The standard InChI is InChI=1S/C19H26F2N4OS/c1-5-22-19(23-9-8-17-13(3)25-14(4)27-17)24-11-15-10-12(2)6-7-16(15)26-18(20)21/h6-7,10,18H,5,8-9,11H2,1-4H3,(H2,22,23,24). The zero-order valence-corrected chi connectivity index (χ0v) is 16.9. The second-order valence-corrected chi connectivity index (χ2v) is 7.39. The molecule has 2 rings (SSSR count). The number of halogens is 2. The summed E-state index contributed by atoms with van der Waals surface area (Å²) in [5.74, 6) is 0.798. The summed E-state index contributed by atoms with van der Waals surface area (Å²) in [5.41, 5.74) is 2.66. The van der Waals surface area contributed by atoms with Crippen LogP contribution >= 0.6 is 11.3 Å². The van der Waals surface area contributed by atoms with Crippen LogP contribution in [0.5, 0.6) is 5.75 Å². The van der Waals surface area contributed by atoms with Crippen LogP contribution < -0.4 is 15.4 Å². The van der Waals surface area contributed by atoms with Gasteiger partial charge in [0.25, 0.3) is 0 Å². The lowest BCUT2D eigenvalue weighted by molar-refractivity contribution is -0.0504. The molecule has 27 heavy (non-hydrogen) atoms. The van der Waals surface area contributed by atoms with E-state index in [4.69, 9.17) is 0 Å². The molecule has 1 aromatic carbocycles. The normalized spacial score (nSPS) is 11.7. The smallest absolute Gasteiger partial charge is 0.387 e. The van der Waals surface area contributed by atoms with E-state index in [9.17, 15) is 8.78 Å². The fourth-order valence-corrected chi connectivity index (χ4v) is 3.59. The van der Waals surface area contributed by atoms with Crippen molar-refractivity contribution in [2.45, 2.75) is 47.3 Å². The number of aliphatic imine (C=N–C) groups is 1. The fourth-order valence-electron chi connectivity index (χ4n) is 2.65. The Hall–Kier alpha value is -2.22. The minimum Gasteiger partial charge on any atom is -0.434 e. The van der Waals surface area contributed by atoms with E-state index >= 15 is 0 Å². The first-order valence-electron chi connectivity index (χ1n) is 8.88. The quantitative estimate of drug-likeness (QED) is 0.524. The zero-order chi connectivity index (χ0) is 19.8. The van der Waals surface area contributed by atoms with Crippen LogP contribution in [0.25, 0.3) is 0 Å². The number of benzene rings is 1. The van der Waals surface area contributed by atoms with Crippen molar-refractivity contribution in [3.8, 4) is 5.75 Å². The summed E-state index contributed by atoms with van der Waals surface area (Å²) >= 11 is 1.70. The lowest BCUT2D eigenvalue weighted by Crippen LogP contribution is -2.38. The number of rotatable bonds is 8. The van der Waals surface area contributed by atoms with Crippen molar-refractivity contribution in [3.63, 3.8) is 0 Å².